The minimum atomic E-state index is -0.315. The van der Waals surface area contributed by atoms with E-state index in [2.05, 4.69) is 15.2 Å². The fourth-order valence-electron chi connectivity index (χ4n) is 1.97. The quantitative estimate of drug-likeness (QED) is 0.801. The molecular formula is C16H11FN4O. The number of aryl methyl sites for hydroxylation is 1. The number of pyridine rings is 1. The Labute approximate surface area is 126 Å². The van der Waals surface area contributed by atoms with Crippen LogP contribution in [0.1, 0.15) is 11.3 Å². The van der Waals surface area contributed by atoms with Gasteiger partial charge in [-0.3, -0.25) is 5.10 Å². The predicted octanol–water partition coefficient (Wildman–Crippen LogP) is 3.58. The van der Waals surface area contributed by atoms with Crippen molar-refractivity contribution in [3.8, 4) is 29.0 Å². The molecule has 0 atom stereocenters. The zero-order chi connectivity index (χ0) is 15.5. The molecule has 22 heavy (non-hydrogen) atoms. The highest BCUT2D eigenvalue weighted by atomic mass is 19.1. The number of H-pyrrole nitrogens is 1. The van der Waals surface area contributed by atoms with Gasteiger partial charge in [-0.25, -0.2) is 9.37 Å². The zero-order valence-corrected chi connectivity index (χ0v) is 11.7. The van der Waals surface area contributed by atoms with Gasteiger partial charge >= 0.3 is 0 Å². The summed E-state index contributed by atoms with van der Waals surface area (Å²) < 4.78 is 18.7. The van der Waals surface area contributed by atoms with Gasteiger partial charge in [0, 0.05) is 11.6 Å². The second-order valence-electron chi connectivity index (χ2n) is 4.65. The van der Waals surface area contributed by atoms with Gasteiger partial charge < -0.3 is 4.74 Å². The summed E-state index contributed by atoms with van der Waals surface area (Å²) >= 11 is 0. The van der Waals surface area contributed by atoms with Crippen molar-refractivity contribution >= 4 is 0 Å². The summed E-state index contributed by atoms with van der Waals surface area (Å²) in [6, 6.07) is 11.4. The normalized spacial score (nSPS) is 10.2. The summed E-state index contributed by atoms with van der Waals surface area (Å²) in [6.45, 7) is 1.80. The summed E-state index contributed by atoms with van der Waals surface area (Å²) in [5, 5.41) is 15.8. The number of ether oxygens (including phenoxy) is 1. The van der Waals surface area contributed by atoms with Gasteiger partial charge in [-0.2, -0.15) is 10.4 Å². The van der Waals surface area contributed by atoms with Crippen LogP contribution < -0.4 is 4.74 Å². The van der Waals surface area contributed by atoms with E-state index >= 15 is 0 Å². The van der Waals surface area contributed by atoms with Crippen molar-refractivity contribution in [2.45, 2.75) is 6.92 Å². The molecule has 0 aliphatic heterocycles. The van der Waals surface area contributed by atoms with Crippen LogP contribution in [0.15, 0.2) is 42.6 Å². The van der Waals surface area contributed by atoms with Crippen LogP contribution in [-0.2, 0) is 0 Å². The molecule has 3 rings (SSSR count). The van der Waals surface area contributed by atoms with Gasteiger partial charge in [0.1, 0.15) is 23.3 Å². The molecule has 2 aromatic heterocycles. The van der Waals surface area contributed by atoms with Gasteiger partial charge in [0.25, 0.3) is 0 Å². The summed E-state index contributed by atoms with van der Waals surface area (Å²) in [7, 11) is 0. The summed E-state index contributed by atoms with van der Waals surface area (Å²) in [4.78, 5) is 4.13. The van der Waals surface area contributed by atoms with Gasteiger partial charge in [0.15, 0.2) is 5.75 Å². The SMILES string of the molecule is Cc1ccc(Oc2cn[nH]c2-c2ccc(F)cc2)nc1C#N. The van der Waals surface area contributed by atoms with E-state index in [1.165, 1.54) is 18.3 Å². The molecule has 108 valence electrons. The highest BCUT2D eigenvalue weighted by molar-refractivity contribution is 5.66. The zero-order valence-electron chi connectivity index (χ0n) is 11.7. The van der Waals surface area contributed by atoms with Gasteiger partial charge in [-0.15, -0.1) is 0 Å². The minimum absolute atomic E-state index is 0.298. The number of nitrogens with zero attached hydrogens (tertiary/aromatic N) is 3. The van der Waals surface area contributed by atoms with Gasteiger partial charge in [-0.05, 0) is 36.8 Å². The van der Waals surface area contributed by atoms with E-state index in [4.69, 9.17) is 10.00 Å². The molecule has 0 saturated carbocycles. The largest absolute Gasteiger partial charge is 0.435 e. The lowest BCUT2D eigenvalue weighted by Gasteiger charge is -2.06. The van der Waals surface area contributed by atoms with Crippen LogP contribution >= 0.6 is 0 Å². The van der Waals surface area contributed by atoms with Gasteiger partial charge in [0.2, 0.25) is 5.88 Å². The molecule has 1 aromatic carbocycles. The average molecular weight is 294 g/mol. The molecule has 0 amide bonds. The number of nitriles is 1. The van der Waals surface area contributed by atoms with E-state index in [1.807, 2.05) is 6.07 Å². The lowest BCUT2D eigenvalue weighted by Crippen LogP contribution is -1.93. The van der Waals surface area contributed by atoms with Crippen LogP contribution in [0.4, 0.5) is 4.39 Å². The summed E-state index contributed by atoms with van der Waals surface area (Å²) in [6.07, 6.45) is 1.51. The molecule has 0 bridgehead atoms. The Hall–Kier alpha value is -3.20. The van der Waals surface area contributed by atoms with Crippen LogP contribution in [0.2, 0.25) is 0 Å². The molecule has 0 aliphatic rings. The third-order valence-electron chi connectivity index (χ3n) is 3.13. The average Bonchev–Trinajstić information content (AvgIpc) is 2.98. The van der Waals surface area contributed by atoms with E-state index in [-0.39, 0.29) is 5.82 Å². The van der Waals surface area contributed by atoms with Crippen LogP contribution in [0.25, 0.3) is 11.3 Å². The van der Waals surface area contributed by atoms with Gasteiger partial charge in [-0.1, -0.05) is 6.07 Å². The Morgan fingerprint density at radius 2 is 1.95 bits per heavy atom. The van der Waals surface area contributed by atoms with Crippen molar-refractivity contribution in [1.82, 2.24) is 15.2 Å². The molecule has 2 heterocycles. The lowest BCUT2D eigenvalue weighted by atomic mass is 10.1. The Kier molecular flexibility index (Phi) is 3.54. The van der Waals surface area contributed by atoms with Crippen molar-refractivity contribution in [3.63, 3.8) is 0 Å². The number of hydrogen-bond donors (Lipinski definition) is 1. The Morgan fingerprint density at radius 1 is 1.18 bits per heavy atom. The topological polar surface area (TPSA) is 74.6 Å². The number of rotatable bonds is 3. The Balaban J connectivity index is 1.93. The van der Waals surface area contributed by atoms with Crippen LogP contribution in [-0.4, -0.2) is 15.2 Å². The first-order valence-corrected chi connectivity index (χ1v) is 6.52. The molecule has 0 spiro atoms. The monoisotopic (exact) mass is 294 g/mol. The molecule has 0 saturated heterocycles. The Morgan fingerprint density at radius 3 is 2.68 bits per heavy atom. The van der Waals surface area contributed by atoms with Crippen molar-refractivity contribution in [3.05, 3.63) is 59.7 Å². The standard InChI is InChI=1S/C16H11FN4O/c1-10-2-7-15(20-13(10)8-18)22-14-9-19-21-16(14)11-3-5-12(17)6-4-11/h2-7,9H,1H3,(H,19,21). The predicted molar refractivity (Wildman–Crippen MR) is 77.7 cm³/mol. The summed E-state index contributed by atoms with van der Waals surface area (Å²) in [5.74, 6) is 0.434. The van der Waals surface area contributed by atoms with E-state index in [0.717, 1.165) is 11.1 Å². The summed E-state index contributed by atoms with van der Waals surface area (Å²) in [5.41, 5.74) is 2.44. The molecule has 0 unspecified atom stereocenters. The van der Waals surface area contributed by atoms with E-state index in [9.17, 15) is 4.39 Å². The van der Waals surface area contributed by atoms with Crippen molar-refractivity contribution in [1.29, 1.82) is 5.26 Å². The number of aromatic nitrogens is 3. The molecule has 6 heteroatoms. The van der Waals surface area contributed by atoms with Crippen molar-refractivity contribution in [2.24, 2.45) is 0 Å². The second-order valence-corrected chi connectivity index (χ2v) is 4.65. The highest BCUT2D eigenvalue weighted by Crippen LogP contribution is 2.30. The first-order chi connectivity index (χ1) is 10.7. The molecule has 3 aromatic rings. The fourth-order valence-corrected chi connectivity index (χ4v) is 1.97. The molecule has 0 aliphatic carbocycles. The van der Waals surface area contributed by atoms with Crippen LogP contribution in [0, 0.1) is 24.1 Å². The molecular weight excluding hydrogens is 283 g/mol. The van der Waals surface area contributed by atoms with Gasteiger partial charge in [0.05, 0.1) is 6.20 Å². The lowest BCUT2D eigenvalue weighted by molar-refractivity contribution is 0.464. The molecule has 5 nitrogen and oxygen atoms in total. The highest BCUT2D eigenvalue weighted by Gasteiger charge is 2.11. The maximum atomic E-state index is 13.0. The number of halogens is 1. The first kappa shape index (κ1) is 13.8. The number of hydrogen-bond acceptors (Lipinski definition) is 4. The third-order valence-corrected chi connectivity index (χ3v) is 3.13. The van der Waals surface area contributed by atoms with E-state index < -0.39 is 0 Å². The molecule has 0 fully saturated rings. The third kappa shape index (κ3) is 2.65. The van der Waals surface area contributed by atoms with Crippen LogP contribution in [0.3, 0.4) is 0 Å². The minimum Gasteiger partial charge on any atom is -0.435 e. The maximum absolute atomic E-state index is 13.0. The fraction of sp³-hybridized carbons (Fsp3) is 0.0625. The number of benzene rings is 1. The van der Waals surface area contributed by atoms with Crippen molar-refractivity contribution < 1.29 is 9.13 Å². The second kappa shape index (κ2) is 5.66. The van der Waals surface area contributed by atoms with E-state index in [0.29, 0.717) is 23.0 Å². The van der Waals surface area contributed by atoms with Crippen molar-refractivity contribution in [2.75, 3.05) is 0 Å². The molecule has 0 radical (unpaired) electrons. The van der Waals surface area contributed by atoms with E-state index in [1.54, 1.807) is 31.2 Å². The maximum Gasteiger partial charge on any atom is 0.220 e. The molecule has 1 N–H and O–H groups in total. The Bertz CT molecular complexity index is 849. The van der Waals surface area contributed by atoms with Crippen LogP contribution in [0.5, 0.6) is 11.6 Å². The number of nitrogens with one attached hydrogen (secondary N) is 1. The number of aromatic amines is 1. The first-order valence-electron chi connectivity index (χ1n) is 6.52. The smallest absolute Gasteiger partial charge is 0.220 e.